The quantitative estimate of drug-likeness (QED) is 0.577. The fourth-order valence-corrected chi connectivity index (χ4v) is 3.14. The van der Waals surface area contributed by atoms with Crippen LogP contribution in [0.4, 0.5) is 18.9 Å². The third kappa shape index (κ3) is 4.53. The number of non-ortho nitro benzene ring substituents is 1. The van der Waals surface area contributed by atoms with Crippen molar-refractivity contribution in [3.8, 4) is 0 Å². The summed E-state index contributed by atoms with van der Waals surface area (Å²) in [6.45, 7) is 0. The molecule has 0 amide bonds. The average molecular weight is 329 g/mol. The van der Waals surface area contributed by atoms with Crippen molar-refractivity contribution in [1.82, 2.24) is 0 Å². The van der Waals surface area contributed by atoms with Gasteiger partial charge >= 0.3 is 6.18 Å². The van der Waals surface area contributed by atoms with Crippen molar-refractivity contribution in [1.29, 1.82) is 0 Å². The van der Waals surface area contributed by atoms with Crippen molar-refractivity contribution in [2.75, 3.05) is 0 Å². The number of carbonyl (C=O) groups excluding carboxylic acids is 1. The lowest BCUT2D eigenvalue weighted by molar-refractivity contribution is -0.384. The number of nitro benzene ring substituents is 1. The molecule has 1 aliphatic carbocycles. The molecule has 1 fully saturated rings. The summed E-state index contributed by atoms with van der Waals surface area (Å²) < 4.78 is 39.9. The lowest BCUT2D eigenvalue weighted by Gasteiger charge is -2.25. The van der Waals surface area contributed by atoms with E-state index >= 15 is 0 Å². The van der Waals surface area contributed by atoms with Crippen LogP contribution in [0.15, 0.2) is 24.3 Å². The first-order chi connectivity index (χ1) is 10.8. The van der Waals surface area contributed by atoms with Gasteiger partial charge < -0.3 is 0 Å². The van der Waals surface area contributed by atoms with E-state index in [1.807, 2.05) is 0 Å². The molecule has 0 bridgehead atoms. The molecule has 0 heterocycles. The number of ketones is 1. The average Bonchev–Trinajstić information content (AvgIpc) is 2.47. The molecule has 7 heteroatoms. The number of rotatable bonds is 5. The zero-order chi connectivity index (χ0) is 17.0. The Balaban J connectivity index is 2.19. The largest absolute Gasteiger partial charge is 0.402 e. The summed E-state index contributed by atoms with van der Waals surface area (Å²) >= 11 is 0. The molecule has 0 radical (unpaired) electrons. The van der Waals surface area contributed by atoms with E-state index in [9.17, 15) is 28.1 Å². The first kappa shape index (κ1) is 17.4. The molecule has 0 aromatic heterocycles. The van der Waals surface area contributed by atoms with E-state index in [4.69, 9.17) is 0 Å². The number of carbonyl (C=O) groups is 1. The van der Waals surface area contributed by atoms with Crippen LogP contribution >= 0.6 is 0 Å². The Hall–Kier alpha value is -1.92. The van der Waals surface area contributed by atoms with E-state index in [0.717, 1.165) is 56.4 Å². The maximum absolute atomic E-state index is 13.3. The highest BCUT2D eigenvalue weighted by atomic mass is 19.4. The second-order valence-corrected chi connectivity index (χ2v) is 6.00. The van der Waals surface area contributed by atoms with Crippen LogP contribution in [0.5, 0.6) is 0 Å². The highest BCUT2D eigenvalue weighted by molar-refractivity contribution is 5.86. The van der Waals surface area contributed by atoms with Crippen molar-refractivity contribution in [2.45, 2.75) is 50.6 Å². The fourth-order valence-electron chi connectivity index (χ4n) is 3.14. The highest BCUT2D eigenvalue weighted by Gasteiger charge is 2.45. The number of nitro groups is 1. The van der Waals surface area contributed by atoms with E-state index in [2.05, 4.69) is 0 Å². The molecule has 1 aliphatic rings. The highest BCUT2D eigenvalue weighted by Crippen LogP contribution is 2.39. The van der Waals surface area contributed by atoms with Gasteiger partial charge in [0.1, 0.15) is 11.7 Å². The molecule has 23 heavy (non-hydrogen) atoms. The molecule has 1 aromatic rings. The number of alkyl halides is 3. The summed E-state index contributed by atoms with van der Waals surface area (Å²) in [5.74, 6) is -3.04. The van der Waals surface area contributed by atoms with E-state index in [1.54, 1.807) is 0 Å². The SMILES string of the molecule is O=C(CC1CCCCC1)C(c1ccc([N+](=O)[O-])cc1)C(F)(F)F. The Morgan fingerprint density at radius 1 is 1.17 bits per heavy atom. The van der Waals surface area contributed by atoms with Gasteiger partial charge in [0.2, 0.25) is 0 Å². The standard InChI is InChI=1S/C16H18F3NO3/c17-16(18,19)15(12-6-8-13(9-7-12)20(22)23)14(21)10-11-4-2-1-3-5-11/h6-9,11,15H,1-5,10H2. The Labute approximate surface area is 131 Å². The van der Waals surface area contributed by atoms with Crippen molar-refractivity contribution in [3.63, 3.8) is 0 Å². The molecule has 4 nitrogen and oxygen atoms in total. The summed E-state index contributed by atoms with van der Waals surface area (Å²) in [6.07, 6.45) is -0.232. The summed E-state index contributed by atoms with van der Waals surface area (Å²) in [5.41, 5.74) is -0.529. The summed E-state index contributed by atoms with van der Waals surface area (Å²) in [6, 6.07) is 4.05. The van der Waals surface area contributed by atoms with Gasteiger partial charge in [-0.3, -0.25) is 14.9 Å². The number of halogens is 3. The molecule has 0 aliphatic heterocycles. The minimum Gasteiger partial charge on any atom is -0.299 e. The van der Waals surface area contributed by atoms with Crippen molar-refractivity contribution in [2.24, 2.45) is 5.92 Å². The van der Waals surface area contributed by atoms with Crippen LogP contribution in [0.25, 0.3) is 0 Å². The number of hydrogen-bond acceptors (Lipinski definition) is 3. The third-order valence-corrected chi connectivity index (χ3v) is 4.30. The van der Waals surface area contributed by atoms with Crippen LogP contribution in [0, 0.1) is 16.0 Å². The Kier molecular flexibility index (Phi) is 5.38. The predicted octanol–water partition coefficient (Wildman–Crippen LogP) is 4.78. The number of hydrogen-bond donors (Lipinski definition) is 0. The van der Waals surface area contributed by atoms with Crippen LogP contribution in [0.2, 0.25) is 0 Å². The molecular weight excluding hydrogens is 311 g/mol. The van der Waals surface area contributed by atoms with E-state index in [-0.39, 0.29) is 23.6 Å². The van der Waals surface area contributed by atoms with Crippen LogP contribution in [-0.4, -0.2) is 16.9 Å². The Bertz CT molecular complexity index is 563. The van der Waals surface area contributed by atoms with Crippen LogP contribution in [0.3, 0.4) is 0 Å². The van der Waals surface area contributed by atoms with Crippen LogP contribution in [-0.2, 0) is 4.79 Å². The summed E-state index contributed by atoms with van der Waals surface area (Å²) in [7, 11) is 0. The molecule has 0 saturated heterocycles. The molecule has 1 saturated carbocycles. The molecule has 0 N–H and O–H groups in total. The molecule has 1 unspecified atom stereocenters. The second kappa shape index (κ2) is 7.10. The van der Waals surface area contributed by atoms with E-state index < -0.39 is 22.8 Å². The summed E-state index contributed by atoms with van der Waals surface area (Å²) in [5, 5.41) is 10.6. The van der Waals surface area contributed by atoms with Gasteiger partial charge in [-0.05, 0) is 11.5 Å². The van der Waals surface area contributed by atoms with Crippen LogP contribution < -0.4 is 0 Å². The molecule has 2 rings (SSSR count). The predicted molar refractivity (Wildman–Crippen MR) is 78.1 cm³/mol. The lowest BCUT2D eigenvalue weighted by Crippen LogP contribution is -2.30. The fraction of sp³-hybridized carbons (Fsp3) is 0.562. The minimum absolute atomic E-state index is 0.0131. The Morgan fingerprint density at radius 3 is 2.22 bits per heavy atom. The maximum Gasteiger partial charge on any atom is 0.402 e. The van der Waals surface area contributed by atoms with Gasteiger partial charge in [0.15, 0.2) is 0 Å². The third-order valence-electron chi connectivity index (χ3n) is 4.30. The summed E-state index contributed by atoms with van der Waals surface area (Å²) in [4.78, 5) is 22.1. The van der Waals surface area contributed by atoms with Crippen molar-refractivity contribution >= 4 is 11.5 Å². The van der Waals surface area contributed by atoms with Gasteiger partial charge in [-0.25, -0.2) is 0 Å². The maximum atomic E-state index is 13.3. The molecule has 1 atom stereocenters. The lowest BCUT2D eigenvalue weighted by atomic mass is 9.82. The molecular formula is C16H18F3NO3. The van der Waals surface area contributed by atoms with Gasteiger partial charge in [-0.1, -0.05) is 44.2 Å². The van der Waals surface area contributed by atoms with E-state index in [0.29, 0.717) is 0 Å². The molecule has 126 valence electrons. The molecule has 1 aromatic carbocycles. The first-order valence-corrected chi connectivity index (χ1v) is 7.63. The second-order valence-electron chi connectivity index (χ2n) is 6.00. The van der Waals surface area contributed by atoms with Crippen molar-refractivity contribution in [3.05, 3.63) is 39.9 Å². The monoisotopic (exact) mass is 329 g/mol. The van der Waals surface area contributed by atoms with Crippen LogP contribution in [0.1, 0.15) is 50.0 Å². The van der Waals surface area contributed by atoms with Gasteiger partial charge in [0, 0.05) is 18.6 Å². The normalized spacial score (nSPS) is 17.7. The minimum atomic E-state index is -4.69. The van der Waals surface area contributed by atoms with Gasteiger partial charge in [0.25, 0.3) is 5.69 Å². The van der Waals surface area contributed by atoms with Gasteiger partial charge in [0.05, 0.1) is 4.92 Å². The number of benzene rings is 1. The zero-order valence-electron chi connectivity index (χ0n) is 12.5. The zero-order valence-corrected chi connectivity index (χ0v) is 12.5. The molecule has 0 spiro atoms. The van der Waals surface area contributed by atoms with E-state index in [1.165, 1.54) is 0 Å². The smallest absolute Gasteiger partial charge is 0.299 e. The van der Waals surface area contributed by atoms with Gasteiger partial charge in [-0.15, -0.1) is 0 Å². The topological polar surface area (TPSA) is 60.2 Å². The Morgan fingerprint density at radius 2 is 1.74 bits per heavy atom. The van der Waals surface area contributed by atoms with Gasteiger partial charge in [-0.2, -0.15) is 13.2 Å². The first-order valence-electron chi connectivity index (χ1n) is 7.63. The number of Topliss-reactive ketones (excluding diaryl/α,β-unsaturated/α-hetero) is 1. The number of nitrogens with zero attached hydrogens (tertiary/aromatic N) is 1. The van der Waals surface area contributed by atoms with Crippen molar-refractivity contribution < 1.29 is 22.9 Å².